The van der Waals surface area contributed by atoms with Gasteiger partial charge < -0.3 is 4.90 Å². The Labute approximate surface area is 136 Å². The highest BCUT2D eigenvalue weighted by Crippen LogP contribution is 2.36. The summed E-state index contributed by atoms with van der Waals surface area (Å²) in [6.07, 6.45) is 13.4. The van der Waals surface area contributed by atoms with Gasteiger partial charge >= 0.3 is 0 Å². The number of thiazole rings is 1. The number of nitrogens with zero attached hydrogens (tertiary/aromatic N) is 2. The van der Waals surface area contributed by atoms with E-state index in [0.717, 1.165) is 36.7 Å². The zero-order valence-corrected chi connectivity index (χ0v) is 13.9. The average molecular weight is 316 g/mol. The molecule has 1 aromatic rings. The summed E-state index contributed by atoms with van der Waals surface area (Å²) in [5.74, 6) is 0.916. The highest BCUT2D eigenvalue weighted by Gasteiger charge is 2.36. The molecule has 0 N–H and O–H groups in total. The molecule has 1 aromatic heterocycles. The number of aromatic nitrogens is 1. The molecule has 0 radical (unpaired) electrons. The van der Waals surface area contributed by atoms with Crippen molar-refractivity contribution in [1.29, 1.82) is 0 Å². The number of allylic oxidation sites excluding steroid dienone is 2. The van der Waals surface area contributed by atoms with Gasteiger partial charge in [0.05, 0.1) is 0 Å². The standard InChI is InChI=1S/C18H24N2OS/c21-18(15-12-22-17(19-15)14-7-1-2-8-14)20-11-5-9-13-6-3-4-10-16(13)20/h7,12-13,16H,1-6,8-11H2. The summed E-state index contributed by atoms with van der Waals surface area (Å²) >= 11 is 1.64. The molecule has 2 heterocycles. The third-order valence-electron chi connectivity index (χ3n) is 5.54. The van der Waals surface area contributed by atoms with Crippen LogP contribution in [0.15, 0.2) is 11.5 Å². The largest absolute Gasteiger partial charge is 0.334 e. The number of piperidine rings is 1. The normalized spacial score (nSPS) is 28.4. The number of hydrogen-bond acceptors (Lipinski definition) is 3. The number of carbonyl (C=O) groups excluding carboxylic acids is 1. The molecule has 4 heteroatoms. The van der Waals surface area contributed by atoms with Gasteiger partial charge in [-0.2, -0.15) is 0 Å². The maximum atomic E-state index is 12.9. The van der Waals surface area contributed by atoms with E-state index in [1.54, 1.807) is 11.3 Å². The van der Waals surface area contributed by atoms with Crippen LogP contribution in [0.2, 0.25) is 0 Å². The minimum absolute atomic E-state index is 0.178. The van der Waals surface area contributed by atoms with Crippen molar-refractivity contribution in [3.63, 3.8) is 0 Å². The van der Waals surface area contributed by atoms with Crippen molar-refractivity contribution in [2.24, 2.45) is 5.92 Å². The second-order valence-corrected chi connectivity index (χ2v) is 7.77. The summed E-state index contributed by atoms with van der Waals surface area (Å²) in [4.78, 5) is 19.7. The monoisotopic (exact) mass is 316 g/mol. The van der Waals surface area contributed by atoms with E-state index in [-0.39, 0.29) is 5.91 Å². The summed E-state index contributed by atoms with van der Waals surface area (Å²) in [6.45, 7) is 0.926. The molecule has 4 rings (SSSR count). The summed E-state index contributed by atoms with van der Waals surface area (Å²) in [6, 6.07) is 0.478. The molecule has 3 nitrogen and oxygen atoms in total. The SMILES string of the molecule is O=C(c1csc(C2=CCCC2)n1)N1CCCC2CCCCC21. The van der Waals surface area contributed by atoms with Crippen molar-refractivity contribution in [3.8, 4) is 0 Å². The molecule has 2 unspecified atom stereocenters. The Hall–Kier alpha value is -1.16. The van der Waals surface area contributed by atoms with E-state index in [1.165, 1.54) is 44.1 Å². The van der Waals surface area contributed by atoms with Crippen LogP contribution in [-0.2, 0) is 0 Å². The maximum Gasteiger partial charge on any atom is 0.273 e. The van der Waals surface area contributed by atoms with Gasteiger partial charge in [-0.25, -0.2) is 4.98 Å². The molecule has 1 saturated carbocycles. The number of hydrogen-bond donors (Lipinski definition) is 0. The first-order chi connectivity index (χ1) is 10.8. The fraction of sp³-hybridized carbons (Fsp3) is 0.667. The number of amides is 1. The molecule has 3 aliphatic rings. The topological polar surface area (TPSA) is 33.2 Å². The maximum absolute atomic E-state index is 12.9. The molecule has 2 atom stereocenters. The lowest BCUT2D eigenvalue weighted by molar-refractivity contribution is 0.0386. The Balaban J connectivity index is 1.53. The van der Waals surface area contributed by atoms with Crippen LogP contribution in [0.25, 0.3) is 5.57 Å². The Morgan fingerprint density at radius 2 is 2.05 bits per heavy atom. The molecular formula is C18H24N2OS. The summed E-state index contributed by atoms with van der Waals surface area (Å²) in [5.41, 5.74) is 2.03. The summed E-state index contributed by atoms with van der Waals surface area (Å²) in [7, 11) is 0. The first kappa shape index (κ1) is 14.4. The van der Waals surface area contributed by atoms with Gasteiger partial charge in [0, 0.05) is 18.0 Å². The van der Waals surface area contributed by atoms with Crippen molar-refractivity contribution in [3.05, 3.63) is 22.2 Å². The van der Waals surface area contributed by atoms with Crippen LogP contribution in [-0.4, -0.2) is 28.4 Å². The fourth-order valence-corrected chi connectivity index (χ4v) is 5.27. The fourth-order valence-electron chi connectivity index (χ4n) is 4.41. The number of likely N-dealkylation sites (tertiary alicyclic amines) is 1. The van der Waals surface area contributed by atoms with E-state index in [4.69, 9.17) is 0 Å². The van der Waals surface area contributed by atoms with Gasteiger partial charge in [-0.3, -0.25) is 4.79 Å². The summed E-state index contributed by atoms with van der Waals surface area (Å²) in [5, 5.41) is 3.04. The average Bonchev–Trinajstić information content (AvgIpc) is 3.24. The molecule has 2 aliphatic carbocycles. The van der Waals surface area contributed by atoms with Gasteiger partial charge in [-0.05, 0) is 56.4 Å². The highest BCUT2D eigenvalue weighted by atomic mass is 32.1. The highest BCUT2D eigenvalue weighted by molar-refractivity contribution is 7.11. The van der Waals surface area contributed by atoms with E-state index >= 15 is 0 Å². The van der Waals surface area contributed by atoms with Crippen LogP contribution in [0.4, 0.5) is 0 Å². The van der Waals surface area contributed by atoms with E-state index in [2.05, 4.69) is 16.0 Å². The van der Waals surface area contributed by atoms with E-state index in [1.807, 2.05) is 5.38 Å². The van der Waals surface area contributed by atoms with Crippen LogP contribution in [0.1, 0.15) is 73.3 Å². The Morgan fingerprint density at radius 3 is 2.91 bits per heavy atom. The first-order valence-electron chi connectivity index (χ1n) is 8.79. The molecule has 1 aliphatic heterocycles. The van der Waals surface area contributed by atoms with Gasteiger partial charge in [0.15, 0.2) is 0 Å². The number of rotatable bonds is 2. The minimum atomic E-state index is 0.178. The van der Waals surface area contributed by atoms with Crippen molar-refractivity contribution < 1.29 is 4.79 Å². The molecule has 118 valence electrons. The molecule has 0 aromatic carbocycles. The number of carbonyl (C=O) groups is 1. The van der Waals surface area contributed by atoms with Crippen molar-refractivity contribution >= 4 is 22.8 Å². The number of fused-ring (bicyclic) bond motifs is 1. The van der Waals surface area contributed by atoms with Gasteiger partial charge in [0.2, 0.25) is 0 Å². The molecule has 1 saturated heterocycles. The molecule has 0 spiro atoms. The second kappa shape index (κ2) is 6.15. The Kier molecular flexibility index (Phi) is 4.03. The smallest absolute Gasteiger partial charge is 0.273 e. The van der Waals surface area contributed by atoms with Crippen LogP contribution in [0.3, 0.4) is 0 Å². The molecular weight excluding hydrogens is 292 g/mol. The van der Waals surface area contributed by atoms with Crippen LogP contribution in [0, 0.1) is 5.92 Å². The molecule has 1 amide bonds. The van der Waals surface area contributed by atoms with E-state index in [0.29, 0.717) is 11.7 Å². The molecule has 22 heavy (non-hydrogen) atoms. The van der Waals surface area contributed by atoms with Crippen molar-refractivity contribution in [1.82, 2.24) is 9.88 Å². The van der Waals surface area contributed by atoms with Crippen LogP contribution >= 0.6 is 11.3 Å². The predicted molar refractivity (Wildman–Crippen MR) is 90.0 cm³/mol. The van der Waals surface area contributed by atoms with Crippen LogP contribution < -0.4 is 0 Å². The lowest BCUT2D eigenvalue weighted by Gasteiger charge is -2.43. The zero-order valence-electron chi connectivity index (χ0n) is 13.1. The minimum Gasteiger partial charge on any atom is -0.334 e. The Bertz CT molecular complexity index is 590. The van der Waals surface area contributed by atoms with Gasteiger partial charge in [-0.15, -0.1) is 11.3 Å². The second-order valence-electron chi connectivity index (χ2n) is 6.91. The third kappa shape index (κ3) is 2.62. The summed E-state index contributed by atoms with van der Waals surface area (Å²) < 4.78 is 0. The van der Waals surface area contributed by atoms with Gasteiger partial charge in [0.1, 0.15) is 10.7 Å². The van der Waals surface area contributed by atoms with Crippen molar-refractivity contribution in [2.75, 3.05) is 6.54 Å². The van der Waals surface area contributed by atoms with Crippen molar-refractivity contribution in [2.45, 2.75) is 63.8 Å². The predicted octanol–water partition coefficient (Wildman–Crippen LogP) is 4.51. The Morgan fingerprint density at radius 1 is 1.18 bits per heavy atom. The third-order valence-corrected chi connectivity index (χ3v) is 6.46. The first-order valence-corrected chi connectivity index (χ1v) is 9.67. The van der Waals surface area contributed by atoms with E-state index in [9.17, 15) is 4.79 Å². The lowest BCUT2D eigenvalue weighted by Crippen LogP contribution is -2.49. The van der Waals surface area contributed by atoms with Crippen LogP contribution in [0.5, 0.6) is 0 Å². The van der Waals surface area contributed by atoms with Gasteiger partial charge in [-0.1, -0.05) is 18.9 Å². The molecule has 2 fully saturated rings. The quantitative estimate of drug-likeness (QED) is 0.804. The van der Waals surface area contributed by atoms with Gasteiger partial charge in [0.25, 0.3) is 5.91 Å². The van der Waals surface area contributed by atoms with E-state index < -0.39 is 0 Å². The lowest BCUT2D eigenvalue weighted by atomic mass is 9.78. The zero-order chi connectivity index (χ0) is 14.9. The molecule has 0 bridgehead atoms.